The van der Waals surface area contributed by atoms with Crippen LogP contribution in [-0.2, 0) is 11.8 Å². The van der Waals surface area contributed by atoms with Crippen molar-refractivity contribution >= 4 is 12.6 Å². The van der Waals surface area contributed by atoms with Crippen molar-refractivity contribution in [1.82, 2.24) is 0 Å². The third-order valence-corrected chi connectivity index (χ3v) is 3.40. The van der Waals surface area contributed by atoms with Gasteiger partial charge in [-0.25, -0.2) is 0 Å². The molecule has 1 aliphatic carbocycles. The first-order valence-corrected chi connectivity index (χ1v) is 5.50. The first kappa shape index (κ1) is 10.7. The quantitative estimate of drug-likeness (QED) is 0.669. The number of aryl methyl sites for hydroxylation is 1. The number of rotatable bonds is 1. The summed E-state index contributed by atoms with van der Waals surface area (Å²) in [6.45, 7) is 4.50. The molecule has 0 heterocycles. The van der Waals surface area contributed by atoms with Crippen LogP contribution in [0.2, 0.25) is 0 Å². The van der Waals surface area contributed by atoms with Crippen LogP contribution in [0.3, 0.4) is 0 Å². The van der Waals surface area contributed by atoms with Gasteiger partial charge in [0.2, 0.25) is 0 Å². The molecule has 0 bridgehead atoms. The lowest BCUT2D eigenvalue weighted by Crippen LogP contribution is -2.32. The number of hydrogen-bond acceptors (Lipinski definition) is 2. The fraction of sp³-hybridized carbons (Fsp3) is 0.500. The van der Waals surface area contributed by atoms with Gasteiger partial charge in [0.15, 0.2) is 0 Å². The van der Waals surface area contributed by atoms with Gasteiger partial charge in [0.1, 0.15) is 0 Å². The van der Waals surface area contributed by atoms with E-state index in [2.05, 4.69) is 13.8 Å². The van der Waals surface area contributed by atoms with Gasteiger partial charge in [0, 0.05) is 0 Å². The van der Waals surface area contributed by atoms with Crippen LogP contribution in [0, 0.1) is 0 Å². The van der Waals surface area contributed by atoms with Crippen molar-refractivity contribution in [2.45, 2.75) is 38.5 Å². The number of fused-ring (bicyclic) bond motifs is 1. The normalized spacial score (nSPS) is 18.4. The second-order valence-corrected chi connectivity index (χ2v) is 5.03. The van der Waals surface area contributed by atoms with Crippen molar-refractivity contribution in [3.63, 3.8) is 0 Å². The molecule has 1 aromatic carbocycles. The van der Waals surface area contributed by atoms with Gasteiger partial charge in [0.25, 0.3) is 0 Å². The monoisotopic (exact) mass is 204 g/mol. The molecule has 15 heavy (non-hydrogen) atoms. The van der Waals surface area contributed by atoms with E-state index in [9.17, 15) is 0 Å². The van der Waals surface area contributed by atoms with Crippen LogP contribution in [0.4, 0.5) is 0 Å². The van der Waals surface area contributed by atoms with Crippen LogP contribution in [0.25, 0.3) is 0 Å². The Morgan fingerprint density at radius 1 is 1.27 bits per heavy atom. The fourth-order valence-electron chi connectivity index (χ4n) is 2.50. The minimum atomic E-state index is -1.35. The topological polar surface area (TPSA) is 40.5 Å². The van der Waals surface area contributed by atoms with E-state index >= 15 is 0 Å². The molecule has 0 amide bonds. The highest BCUT2D eigenvalue weighted by atomic mass is 16.4. The molecule has 0 radical (unpaired) electrons. The third-order valence-electron chi connectivity index (χ3n) is 3.40. The maximum absolute atomic E-state index is 9.11. The molecule has 2 N–H and O–H groups in total. The summed E-state index contributed by atoms with van der Waals surface area (Å²) in [5.41, 5.74) is 3.47. The Labute approximate surface area is 91.1 Å². The van der Waals surface area contributed by atoms with E-state index in [1.54, 1.807) is 0 Å². The summed E-state index contributed by atoms with van der Waals surface area (Å²) >= 11 is 0. The molecule has 2 nitrogen and oxygen atoms in total. The summed E-state index contributed by atoms with van der Waals surface area (Å²) < 4.78 is 0. The molecular formula is C12H17BO2. The van der Waals surface area contributed by atoms with E-state index in [1.165, 1.54) is 24.0 Å². The predicted octanol–water partition coefficient (Wildman–Crippen LogP) is 0.980. The molecule has 0 aliphatic heterocycles. The SMILES string of the molecule is CC1(C)CCCc2cc(B(O)O)ccc21. The predicted molar refractivity (Wildman–Crippen MR) is 62.2 cm³/mol. The Morgan fingerprint density at radius 2 is 2.00 bits per heavy atom. The van der Waals surface area contributed by atoms with Crippen molar-refractivity contribution < 1.29 is 10.0 Å². The molecule has 3 heteroatoms. The second-order valence-electron chi connectivity index (χ2n) is 5.03. The van der Waals surface area contributed by atoms with Gasteiger partial charge >= 0.3 is 7.12 Å². The average molecular weight is 204 g/mol. The van der Waals surface area contributed by atoms with E-state index in [0.717, 1.165) is 6.42 Å². The highest BCUT2D eigenvalue weighted by molar-refractivity contribution is 6.58. The van der Waals surface area contributed by atoms with Gasteiger partial charge in [-0.05, 0) is 41.3 Å². The molecule has 1 aromatic rings. The van der Waals surface area contributed by atoms with Gasteiger partial charge < -0.3 is 10.0 Å². The summed E-state index contributed by atoms with van der Waals surface area (Å²) in [6.07, 6.45) is 3.45. The molecule has 0 atom stereocenters. The zero-order valence-electron chi connectivity index (χ0n) is 9.33. The molecule has 0 spiro atoms. The first-order valence-electron chi connectivity index (χ1n) is 5.50. The van der Waals surface area contributed by atoms with Crippen molar-refractivity contribution in [2.75, 3.05) is 0 Å². The standard InChI is InChI=1S/C12H17BO2/c1-12(2)7-3-4-9-8-10(13(14)15)5-6-11(9)12/h5-6,8,14-15H,3-4,7H2,1-2H3. The van der Waals surface area contributed by atoms with E-state index in [1.807, 2.05) is 18.2 Å². The van der Waals surface area contributed by atoms with E-state index in [-0.39, 0.29) is 5.41 Å². The molecule has 0 aromatic heterocycles. The van der Waals surface area contributed by atoms with Crippen LogP contribution in [-0.4, -0.2) is 17.2 Å². The number of hydrogen-bond donors (Lipinski definition) is 2. The minimum Gasteiger partial charge on any atom is -0.423 e. The summed E-state index contributed by atoms with van der Waals surface area (Å²) in [4.78, 5) is 0. The van der Waals surface area contributed by atoms with Gasteiger partial charge in [-0.2, -0.15) is 0 Å². The maximum atomic E-state index is 9.11. The first-order chi connectivity index (χ1) is 7.00. The molecule has 0 saturated heterocycles. The second kappa shape index (κ2) is 3.65. The van der Waals surface area contributed by atoms with E-state index in [4.69, 9.17) is 10.0 Å². The Bertz CT molecular complexity index is 372. The van der Waals surface area contributed by atoms with Crippen molar-refractivity contribution in [1.29, 1.82) is 0 Å². The zero-order chi connectivity index (χ0) is 11.1. The van der Waals surface area contributed by atoms with Crippen LogP contribution < -0.4 is 5.46 Å². The minimum absolute atomic E-state index is 0.229. The largest absolute Gasteiger partial charge is 0.488 e. The van der Waals surface area contributed by atoms with Gasteiger partial charge in [-0.3, -0.25) is 0 Å². The molecule has 0 saturated carbocycles. The highest BCUT2D eigenvalue weighted by Gasteiger charge is 2.27. The van der Waals surface area contributed by atoms with Crippen LogP contribution in [0.1, 0.15) is 37.8 Å². The van der Waals surface area contributed by atoms with Crippen molar-refractivity contribution in [3.8, 4) is 0 Å². The van der Waals surface area contributed by atoms with Gasteiger partial charge in [-0.15, -0.1) is 0 Å². The maximum Gasteiger partial charge on any atom is 0.488 e. The lowest BCUT2D eigenvalue weighted by molar-refractivity contribution is 0.423. The van der Waals surface area contributed by atoms with Crippen molar-refractivity contribution in [3.05, 3.63) is 29.3 Å². The Kier molecular flexibility index (Phi) is 2.61. The van der Waals surface area contributed by atoms with Gasteiger partial charge in [-0.1, -0.05) is 32.0 Å². The molecule has 1 aliphatic rings. The van der Waals surface area contributed by atoms with Gasteiger partial charge in [0.05, 0.1) is 0 Å². The molecule has 2 rings (SSSR count). The molecule has 80 valence electrons. The summed E-state index contributed by atoms with van der Waals surface area (Å²) in [7, 11) is -1.35. The van der Waals surface area contributed by atoms with Crippen LogP contribution in [0.15, 0.2) is 18.2 Å². The third kappa shape index (κ3) is 1.94. The Morgan fingerprint density at radius 3 is 2.67 bits per heavy atom. The van der Waals surface area contributed by atoms with Crippen molar-refractivity contribution in [2.24, 2.45) is 0 Å². The zero-order valence-corrected chi connectivity index (χ0v) is 9.33. The summed E-state index contributed by atoms with van der Waals surface area (Å²) in [5.74, 6) is 0. The molecule has 0 unspecified atom stereocenters. The fourth-order valence-corrected chi connectivity index (χ4v) is 2.50. The Balaban J connectivity index is 2.45. The smallest absolute Gasteiger partial charge is 0.423 e. The summed E-state index contributed by atoms with van der Waals surface area (Å²) in [5, 5.41) is 18.2. The lowest BCUT2D eigenvalue weighted by atomic mass is 9.70. The Hall–Kier alpha value is -0.795. The van der Waals surface area contributed by atoms with Crippen LogP contribution >= 0.6 is 0 Å². The van der Waals surface area contributed by atoms with E-state index < -0.39 is 7.12 Å². The van der Waals surface area contributed by atoms with Crippen LogP contribution in [0.5, 0.6) is 0 Å². The average Bonchev–Trinajstić information content (AvgIpc) is 2.16. The summed E-state index contributed by atoms with van der Waals surface area (Å²) in [6, 6.07) is 5.79. The molecular weight excluding hydrogens is 187 g/mol. The molecule has 0 fully saturated rings. The number of benzene rings is 1. The van der Waals surface area contributed by atoms with E-state index in [0.29, 0.717) is 5.46 Å². The highest BCUT2D eigenvalue weighted by Crippen LogP contribution is 2.35. The lowest BCUT2D eigenvalue weighted by Gasteiger charge is -2.32.